The molecule has 0 aromatic heterocycles. The van der Waals surface area contributed by atoms with Gasteiger partial charge in [0, 0.05) is 17.8 Å². The van der Waals surface area contributed by atoms with Crippen molar-refractivity contribution in [3.8, 4) is 0 Å². The van der Waals surface area contributed by atoms with Crippen molar-refractivity contribution < 1.29 is 27.9 Å². The lowest BCUT2D eigenvalue weighted by molar-refractivity contribution is -0.136. The van der Waals surface area contributed by atoms with Gasteiger partial charge in [0.2, 0.25) is 5.91 Å². The van der Waals surface area contributed by atoms with E-state index in [1.807, 2.05) is 0 Å². The Labute approximate surface area is 140 Å². The summed E-state index contributed by atoms with van der Waals surface area (Å²) in [7, 11) is -3.41. The molecule has 1 aromatic rings. The SMILES string of the molecule is CCCS(=O)(=O)CC(=O)Nc1ccc(C(=O)NCCC(=O)O)cc1. The van der Waals surface area contributed by atoms with E-state index in [0.29, 0.717) is 17.7 Å². The number of hydrogen-bond donors (Lipinski definition) is 3. The van der Waals surface area contributed by atoms with E-state index >= 15 is 0 Å². The molecule has 2 amide bonds. The molecule has 1 aromatic carbocycles. The van der Waals surface area contributed by atoms with Crippen LogP contribution < -0.4 is 10.6 Å². The maximum Gasteiger partial charge on any atom is 0.305 e. The zero-order valence-corrected chi connectivity index (χ0v) is 14.1. The van der Waals surface area contributed by atoms with Gasteiger partial charge in [0.05, 0.1) is 12.2 Å². The molecule has 3 N–H and O–H groups in total. The highest BCUT2D eigenvalue weighted by molar-refractivity contribution is 7.92. The smallest absolute Gasteiger partial charge is 0.305 e. The molecule has 0 unspecified atom stereocenters. The number of carboxylic acids is 1. The van der Waals surface area contributed by atoms with E-state index in [1.165, 1.54) is 24.3 Å². The van der Waals surface area contributed by atoms with Gasteiger partial charge >= 0.3 is 5.97 Å². The number of carbonyl (C=O) groups is 3. The van der Waals surface area contributed by atoms with Crippen LogP contribution in [0.25, 0.3) is 0 Å². The van der Waals surface area contributed by atoms with Crippen molar-refractivity contribution in [1.29, 1.82) is 0 Å². The molecule has 8 nitrogen and oxygen atoms in total. The molecule has 0 aliphatic heterocycles. The predicted molar refractivity (Wildman–Crippen MR) is 88.6 cm³/mol. The van der Waals surface area contributed by atoms with Gasteiger partial charge in [-0.3, -0.25) is 14.4 Å². The summed E-state index contributed by atoms with van der Waals surface area (Å²) >= 11 is 0. The van der Waals surface area contributed by atoms with Crippen LogP contribution in [0.2, 0.25) is 0 Å². The number of anilines is 1. The maximum absolute atomic E-state index is 11.7. The Hall–Kier alpha value is -2.42. The summed E-state index contributed by atoms with van der Waals surface area (Å²) < 4.78 is 23.1. The van der Waals surface area contributed by atoms with E-state index in [9.17, 15) is 22.8 Å². The maximum atomic E-state index is 11.7. The van der Waals surface area contributed by atoms with Gasteiger partial charge in [-0.05, 0) is 30.7 Å². The van der Waals surface area contributed by atoms with Crippen molar-refractivity contribution in [3.05, 3.63) is 29.8 Å². The predicted octanol–water partition coefficient (Wildman–Crippen LogP) is 0.654. The van der Waals surface area contributed by atoms with Crippen molar-refractivity contribution in [2.24, 2.45) is 0 Å². The number of nitrogens with one attached hydrogen (secondary N) is 2. The third kappa shape index (κ3) is 7.23. The molecule has 0 heterocycles. The van der Waals surface area contributed by atoms with Crippen molar-refractivity contribution in [1.82, 2.24) is 5.32 Å². The molecule has 1 rings (SSSR count). The van der Waals surface area contributed by atoms with Gasteiger partial charge in [-0.1, -0.05) is 6.92 Å². The lowest BCUT2D eigenvalue weighted by Gasteiger charge is -2.07. The summed E-state index contributed by atoms with van der Waals surface area (Å²) in [6.07, 6.45) is 0.271. The van der Waals surface area contributed by atoms with Gasteiger partial charge in [0.25, 0.3) is 5.91 Å². The van der Waals surface area contributed by atoms with E-state index in [0.717, 1.165) is 0 Å². The van der Waals surface area contributed by atoms with Crippen molar-refractivity contribution in [3.63, 3.8) is 0 Å². The van der Waals surface area contributed by atoms with Crippen molar-refractivity contribution in [2.45, 2.75) is 19.8 Å². The highest BCUT2D eigenvalue weighted by Crippen LogP contribution is 2.10. The molecule has 9 heteroatoms. The van der Waals surface area contributed by atoms with Crippen LogP contribution in [0.1, 0.15) is 30.1 Å². The molecule has 0 saturated heterocycles. The van der Waals surface area contributed by atoms with E-state index in [2.05, 4.69) is 10.6 Å². The molecule has 0 bridgehead atoms. The summed E-state index contributed by atoms with van der Waals surface area (Å²) in [4.78, 5) is 33.8. The van der Waals surface area contributed by atoms with E-state index in [1.54, 1.807) is 6.92 Å². The molecule has 0 atom stereocenters. The first kappa shape index (κ1) is 19.6. The number of benzene rings is 1. The molecule has 0 fully saturated rings. The Morgan fingerprint density at radius 1 is 1.12 bits per heavy atom. The van der Waals surface area contributed by atoms with Crippen LogP contribution in [0.4, 0.5) is 5.69 Å². The standard InChI is InChI=1S/C15H20N2O6S/c1-2-9-24(22,23)10-13(18)17-12-5-3-11(4-6-12)15(21)16-8-7-14(19)20/h3-6H,2,7-10H2,1H3,(H,16,21)(H,17,18)(H,19,20). The zero-order valence-electron chi connectivity index (χ0n) is 13.2. The number of rotatable bonds is 9. The highest BCUT2D eigenvalue weighted by atomic mass is 32.2. The topological polar surface area (TPSA) is 130 Å². The minimum Gasteiger partial charge on any atom is -0.481 e. The number of amides is 2. The number of hydrogen-bond acceptors (Lipinski definition) is 5. The van der Waals surface area contributed by atoms with Crippen LogP contribution in [0.5, 0.6) is 0 Å². The lowest BCUT2D eigenvalue weighted by Crippen LogP contribution is -2.26. The van der Waals surface area contributed by atoms with Gasteiger partial charge in [-0.25, -0.2) is 8.42 Å². The second kappa shape index (κ2) is 9.02. The van der Waals surface area contributed by atoms with E-state index in [-0.39, 0.29) is 18.7 Å². The number of carbonyl (C=O) groups excluding carboxylic acids is 2. The Morgan fingerprint density at radius 3 is 2.29 bits per heavy atom. The summed E-state index contributed by atoms with van der Waals surface area (Å²) in [5.74, 6) is -2.71. The van der Waals surface area contributed by atoms with Crippen LogP contribution in [0, 0.1) is 0 Å². The highest BCUT2D eigenvalue weighted by Gasteiger charge is 2.15. The Bertz CT molecular complexity index is 697. The molecule has 0 aliphatic carbocycles. The van der Waals surface area contributed by atoms with Crippen LogP contribution >= 0.6 is 0 Å². The fourth-order valence-corrected chi connectivity index (χ4v) is 3.11. The van der Waals surface area contributed by atoms with Gasteiger partial charge in [-0.15, -0.1) is 0 Å². The quantitative estimate of drug-likeness (QED) is 0.596. The van der Waals surface area contributed by atoms with Gasteiger partial charge < -0.3 is 15.7 Å². The molecule has 132 valence electrons. The van der Waals surface area contributed by atoms with Crippen LogP contribution in [0.15, 0.2) is 24.3 Å². The molecule has 0 radical (unpaired) electrons. The van der Waals surface area contributed by atoms with Gasteiger partial charge in [0.1, 0.15) is 5.75 Å². The molecular weight excluding hydrogens is 336 g/mol. The molecular formula is C15H20N2O6S. The first-order chi connectivity index (χ1) is 11.2. The summed E-state index contributed by atoms with van der Waals surface area (Å²) in [5.41, 5.74) is 0.672. The summed E-state index contributed by atoms with van der Waals surface area (Å²) in [6.45, 7) is 1.73. The minimum absolute atomic E-state index is 0.0158. The van der Waals surface area contributed by atoms with E-state index in [4.69, 9.17) is 5.11 Å². The number of carboxylic acid groups (broad SMARTS) is 1. The second-order valence-corrected chi connectivity index (χ2v) is 7.30. The normalized spacial score (nSPS) is 10.9. The van der Waals surface area contributed by atoms with E-state index < -0.39 is 33.4 Å². The first-order valence-electron chi connectivity index (χ1n) is 7.34. The molecule has 0 aliphatic rings. The third-order valence-electron chi connectivity index (χ3n) is 2.92. The third-order valence-corrected chi connectivity index (χ3v) is 4.65. The second-order valence-electron chi connectivity index (χ2n) is 5.12. The van der Waals surface area contributed by atoms with Crippen LogP contribution in [-0.2, 0) is 19.4 Å². The van der Waals surface area contributed by atoms with Crippen LogP contribution in [0.3, 0.4) is 0 Å². The average molecular weight is 356 g/mol. The number of aliphatic carboxylic acids is 1. The average Bonchev–Trinajstić information content (AvgIpc) is 2.46. The molecule has 0 spiro atoms. The minimum atomic E-state index is -3.41. The monoisotopic (exact) mass is 356 g/mol. The van der Waals surface area contributed by atoms with Crippen molar-refractivity contribution in [2.75, 3.05) is 23.4 Å². The van der Waals surface area contributed by atoms with Gasteiger partial charge in [0.15, 0.2) is 9.84 Å². The summed E-state index contributed by atoms with van der Waals surface area (Å²) in [5, 5.41) is 13.4. The Balaban J connectivity index is 2.56. The fraction of sp³-hybridized carbons (Fsp3) is 0.400. The number of sulfone groups is 1. The first-order valence-corrected chi connectivity index (χ1v) is 9.16. The summed E-state index contributed by atoms with van der Waals surface area (Å²) in [6, 6.07) is 5.84. The molecule has 0 saturated carbocycles. The largest absolute Gasteiger partial charge is 0.481 e. The fourth-order valence-electron chi connectivity index (χ4n) is 1.87. The zero-order chi connectivity index (χ0) is 18.2. The molecule has 24 heavy (non-hydrogen) atoms. The van der Waals surface area contributed by atoms with Crippen LogP contribution in [-0.4, -0.2) is 49.4 Å². The van der Waals surface area contributed by atoms with Gasteiger partial charge in [-0.2, -0.15) is 0 Å². The van der Waals surface area contributed by atoms with Crippen molar-refractivity contribution >= 4 is 33.3 Å². The lowest BCUT2D eigenvalue weighted by atomic mass is 10.2. The Kier molecular flexibility index (Phi) is 7.37. The Morgan fingerprint density at radius 2 is 1.75 bits per heavy atom.